The van der Waals surface area contributed by atoms with E-state index in [-0.39, 0.29) is 24.3 Å². The van der Waals surface area contributed by atoms with Gasteiger partial charge in [0.15, 0.2) is 0 Å². The number of hydrogen-bond donors (Lipinski definition) is 1. The van der Waals surface area contributed by atoms with E-state index in [2.05, 4.69) is 5.10 Å². The molecule has 0 fully saturated rings. The van der Waals surface area contributed by atoms with Crippen LogP contribution in [0, 0.1) is 0 Å². The number of aryl methyl sites for hydroxylation is 1. The van der Waals surface area contributed by atoms with Gasteiger partial charge in [0.05, 0.1) is 12.2 Å². The summed E-state index contributed by atoms with van der Waals surface area (Å²) in [5, 5.41) is 14.3. The number of aromatic nitrogens is 2. The van der Waals surface area contributed by atoms with E-state index in [1.54, 1.807) is 54.7 Å². The van der Waals surface area contributed by atoms with Crippen molar-refractivity contribution in [3.05, 3.63) is 76.6 Å². The predicted molar refractivity (Wildman–Crippen MR) is 106 cm³/mol. The van der Waals surface area contributed by atoms with Crippen molar-refractivity contribution in [2.75, 3.05) is 13.2 Å². The van der Waals surface area contributed by atoms with Gasteiger partial charge in [0.1, 0.15) is 18.1 Å². The van der Waals surface area contributed by atoms with Crippen molar-refractivity contribution in [1.82, 2.24) is 14.7 Å². The van der Waals surface area contributed by atoms with Crippen LogP contribution in [0.5, 0.6) is 11.5 Å². The number of rotatable bonds is 4. The number of carbonyl (C=O) groups is 1. The van der Waals surface area contributed by atoms with E-state index in [1.807, 2.05) is 16.6 Å². The molecule has 6 nitrogen and oxygen atoms in total. The summed E-state index contributed by atoms with van der Waals surface area (Å²) in [5.74, 6) is 0.720. The van der Waals surface area contributed by atoms with Crippen LogP contribution in [-0.4, -0.2) is 38.8 Å². The van der Waals surface area contributed by atoms with Crippen LogP contribution in [0.4, 0.5) is 0 Å². The molecule has 1 aromatic heterocycles. The summed E-state index contributed by atoms with van der Waals surface area (Å²) in [5.41, 5.74) is 2.65. The van der Waals surface area contributed by atoms with Crippen molar-refractivity contribution in [1.29, 1.82) is 0 Å². The Bertz CT molecular complexity index is 1000. The van der Waals surface area contributed by atoms with Gasteiger partial charge in [-0.15, -0.1) is 0 Å². The number of phenolic OH excluding ortho intramolecular Hbond substituents is 1. The number of phenols is 1. The van der Waals surface area contributed by atoms with Crippen LogP contribution >= 0.6 is 11.6 Å². The van der Waals surface area contributed by atoms with Gasteiger partial charge in [0, 0.05) is 41.9 Å². The lowest BCUT2D eigenvalue weighted by atomic mass is 9.98. The number of ether oxygens (including phenoxy) is 1. The standard InChI is InChI=1S/C21H20ClN3O3/c1-24-19-9-10-25(21(27)14-3-2-4-15(22)11-14)20(18(19)12-23-24)13-28-17-7-5-16(26)6-8-17/h2-8,11-12,20,26H,9-10,13H2,1H3. The highest BCUT2D eigenvalue weighted by molar-refractivity contribution is 6.30. The number of hydrogen-bond acceptors (Lipinski definition) is 4. The molecule has 2 heterocycles. The zero-order chi connectivity index (χ0) is 19.7. The molecule has 1 amide bonds. The Hall–Kier alpha value is -2.99. The van der Waals surface area contributed by atoms with Crippen molar-refractivity contribution >= 4 is 17.5 Å². The Balaban J connectivity index is 1.62. The Morgan fingerprint density at radius 3 is 2.82 bits per heavy atom. The molecule has 1 aliphatic rings. The van der Waals surface area contributed by atoms with Gasteiger partial charge in [-0.3, -0.25) is 9.48 Å². The highest BCUT2D eigenvalue weighted by Crippen LogP contribution is 2.32. The van der Waals surface area contributed by atoms with Crippen molar-refractivity contribution in [3.63, 3.8) is 0 Å². The minimum atomic E-state index is -0.266. The van der Waals surface area contributed by atoms with Crippen molar-refractivity contribution in [2.24, 2.45) is 7.05 Å². The molecule has 0 bridgehead atoms. The molecule has 144 valence electrons. The molecular weight excluding hydrogens is 378 g/mol. The molecule has 0 saturated carbocycles. The average molecular weight is 398 g/mol. The molecule has 2 aromatic carbocycles. The molecule has 7 heteroatoms. The molecule has 0 aliphatic carbocycles. The van der Waals surface area contributed by atoms with Crippen LogP contribution < -0.4 is 4.74 Å². The second kappa shape index (κ2) is 7.56. The average Bonchev–Trinajstić information content (AvgIpc) is 3.08. The lowest BCUT2D eigenvalue weighted by Gasteiger charge is -2.35. The molecule has 1 unspecified atom stereocenters. The van der Waals surface area contributed by atoms with E-state index >= 15 is 0 Å². The van der Waals surface area contributed by atoms with Gasteiger partial charge in [-0.1, -0.05) is 17.7 Å². The lowest BCUT2D eigenvalue weighted by Crippen LogP contribution is -2.42. The highest BCUT2D eigenvalue weighted by Gasteiger charge is 2.34. The van der Waals surface area contributed by atoms with Gasteiger partial charge in [-0.25, -0.2) is 0 Å². The first kappa shape index (κ1) is 18.4. The summed E-state index contributed by atoms with van der Waals surface area (Å²) in [4.78, 5) is 15.0. The smallest absolute Gasteiger partial charge is 0.254 e. The summed E-state index contributed by atoms with van der Waals surface area (Å²) < 4.78 is 7.79. The van der Waals surface area contributed by atoms with E-state index in [0.717, 1.165) is 17.7 Å². The number of fused-ring (bicyclic) bond motifs is 1. The quantitative estimate of drug-likeness (QED) is 0.730. The highest BCUT2D eigenvalue weighted by atomic mass is 35.5. The largest absolute Gasteiger partial charge is 0.508 e. The fourth-order valence-electron chi connectivity index (χ4n) is 3.54. The predicted octanol–water partition coefficient (Wildman–Crippen LogP) is 3.60. The Morgan fingerprint density at radius 1 is 1.29 bits per heavy atom. The van der Waals surface area contributed by atoms with Gasteiger partial charge in [0.25, 0.3) is 5.91 Å². The zero-order valence-electron chi connectivity index (χ0n) is 15.4. The summed E-state index contributed by atoms with van der Waals surface area (Å²) >= 11 is 6.07. The second-order valence-corrected chi connectivity index (χ2v) is 7.19. The Morgan fingerprint density at radius 2 is 2.07 bits per heavy atom. The molecule has 28 heavy (non-hydrogen) atoms. The summed E-state index contributed by atoms with van der Waals surface area (Å²) in [6.45, 7) is 0.858. The number of nitrogens with zero attached hydrogens (tertiary/aromatic N) is 3. The summed E-state index contributed by atoms with van der Waals surface area (Å²) in [7, 11) is 1.91. The van der Waals surface area contributed by atoms with E-state index in [4.69, 9.17) is 16.3 Å². The molecule has 0 radical (unpaired) electrons. The van der Waals surface area contributed by atoms with Gasteiger partial charge >= 0.3 is 0 Å². The summed E-state index contributed by atoms with van der Waals surface area (Å²) in [6.07, 6.45) is 2.53. The minimum Gasteiger partial charge on any atom is -0.508 e. The molecule has 0 spiro atoms. The monoisotopic (exact) mass is 397 g/mol. The van der Waals surface area contributed by atoms with Crippen LogP contribution in [0.15, 0.2) is 54.7 Å². The first-order valence-corrected chi connectivity index (χ1v) is 9.40. The third-order valence-electron chi connectivity index (χ3n) is 5.00. The number of aromatic hydroxyl groups is 1. The number of amides is 1. The van der Waals surface area contributed by atoms with Crippen LogP contribution in [0.25, 0.3) is 0 Å². The van der Waals surface area contributed by atoms with E-state index < -0.39 is 0 Å². The van der Waals surface area contributed by atoms with Gasteiger partial charge in [0.2, 0.25) is 0 Å². The molecule has 3 aromatic rings. The maximum atomic E-state index is 13.2. The summed E-state index contributed by atoms with van der Waals surface area (Å²) in [6, 6.07) is 13.2. The molecule has 0 saturated heterocycles. The maximum Gasteiger partial charge on any atom is 0.254 e. The van der Waals surface area contributed by atoms with Crippen LogP contribution in [0.1, 0.15) is 27.7 Å². The third-order valence-corrected chi connectivity index (χ3v) is 5.23. The van der Waals surface area contributed by atoms with Crippen LogP contribution in [-0.2, 0) is 13.5 Å². The number of benzene rings is 2. The third kappa shape index (κ3) is 3.55. The van der Waals surface area contributed by atoms with Crippen molar-refractivity contribution in [3.8, 4) is 11.5 Å². The fourth-order valence-corrected chi connectivity index (χ4v) is 3.73. The second-order valence-electron chi connectivity index (χ2n) is 6.75. The maximum absolute atomic E-state index is 13.2. The number of halogens is 1. The lowest BCUT2D eigenvalue weighted by molar-refractivity contribution is 0.0587. The van der Waals surface area contributed by atoms with Gasteiger partial charge < -0.3 is 14.7 Å². The van der Waals surface area contributed by atoms with E-state index in [1.165, 1.54) is 0 Å². The van der Waals surface area contributed by atoms with Crippen molar-refractivity contribution in [2.45, 2.75) is 12.5 Å². The first-order valence-electron chi connectivity index (χ1n) is 9.02. The van der Waals surface area contributed by atoms with Crippen LogP contribution in [0.3, 0.4) is 0 Å². The molecule has 1 aliphatic heterocycles. The SMILES string of the molecule is Cn1ncc2c1CCN(C(=O)c1cccc(Cl)c1)C2COc1ccc(O)cc1. The molecule has 1 atom stereocenters. The topological polar surface area (TPSA) is 67.6 Å². The first-order chi connectivity index (χ1) is 13.5. The number of carbonyl (C=O) groups excluding carboxylic acids is 1. The fraction of sp³-hybridized carbons (Fsp3) is 0.238. The van der Waals surface area contributed by atoms with Gasteiger partial charge in [-0.2, -0.15) is 5.10 Å². The Labute approximate surface area is 167 Å². The molecule has 1 N–H and O–H groups in total. The minimum absolute atomic E-state index is 0.0868. The normalized spacial score (nSPS) is 15.9. The van der Waals surface area contributed by atoms with Crippen molar-refractivity contribution < 1.29 is 14.6 Å². The van der Waals surface area contributed by atoms with E-state index in [9.17, 15) is 9.90 Å². The van der Waals surface area contributed by atoms with Crippen LogP contribution in [0.2, 0.25) is 5.02 Å². The zero-order valence-corrected chi connectivity index (χ0v) is 16.1. The van der Waals surface area contributed by atoms with Gasteiger partial charge in [-0.05, 0) is 42.5 Å². The molecular formula is C21H20ClN3O3. The Kier molecular flexibility index (Phi) is 4.96. The van der Waals surface area contributed by atoms with E-state index in [0.29, 0.717) is 22.9 Å². The molecule has 4 rings (SSSR count).